The van der Waals surface area contributed by atoms with Crippen molar-refractivity contribution >= 4 is 11.8 Å². The van der Waals surface area contributed by atoms with E-state index in [2.05, 4.69) is 60.3 Å². The summed E-state index contributed by atoms with van der Waals surface area (Å²) >= 11 is 1.97. The first-order chi connectivity index (χ1) is 8.75. The van der Waals surface area contributed by atoms with Crippen molar-refractivity contribution in [3.8, 4) is 0 Å². The average Bonchev–Trinajstić information content (AvgIpc) is 2.93. The second-order valence-corrected chi connectivity index (χ2v) is 5.92. The van der Waals surface area contributed by atoms with Crippen molar-refractivity contribution in [3.05, 3.63) is 53.3 Å². The summed E-state index contributed by atoms with van der Waals surface area (Å²) in [5, 5.41) is 0. The normalized spacial score (nSPS) is 17.8. The quantitative estimate of drug-likeness (QED) is 0.907. The van der Waals surface area contributed by atoms with Crippen molar-refractivity contribution in [1.29, 1.82) is 0 Å². The molecule has 0 spiro atoms. The van der Waals surface area contributed by atoms with Gasteiger partial charge in [-0.15, -0.1) is 11.8 Å². The SMILES string of the molecule is Cc1ccc(C)n1NCC1CSc2ccccc21. The standard InChI is InChI=1S/C15H18N2S/c1-11-7-8-12(2)17(11)16-9-13-10-18-15-6-4-3-5-14(13)15/h3-8,13,16H,9-10H2,1-2H3. The molecule has 1 atom stereocenters. The molecule has 1 aliphatic heterocycles. The maximum absolute atomic E-state index is 3.55. The van der Waals surface area contributed by atoms with Gasteiger partial charge in [0, 0.05) is 34.5 Å². The number of thioether (sulfide) groups is 1. The highest BCUT2D eigenvalue weighted by molar-refractivity contribution is 7.99. The molecule has 2 nitrogen and oxygen atoms in total. The first-order valence-corrected chi connectivity index (χ1v) is 7.35. The number of aryl methyl sites for hydroxylation is 2. The molecule has 1 N–H and O–H groups in total. The molecule has 2 aromatic rings. The minimum atomic E-state index is 0.618. The highest BCUT2D eigenvalue weighted by Crippen LogP contribution is 2.38. The Labute approximate surface area is 112 Å². The number of aromatic nitrogens is 1. The van der Waals surface area contributed by atoms with E-state index in [9.17, 15) is 0 Å². The first-order valence-electron chi connectivity index (χ1n) is 6.36. The molecule has 0 fully saturated rings. The molecule has 0 saturated carbocycles. The van der Waals surface area contributed by atoms with Gasteiger partial charge in [0.05, 0.1) is 0 Å². The Balaban J connectivity index is 1.72. The Morgan fingerprint density at radius 3 is 2.67 bits per heavy atom. The number of benzene rings is 1. The van der Waals surface area contributed by atoms with Crippen LogP contribution in [-0.2, 0) is 0 Å². The van der Waals surface area contributed by atoms with Gasteiger partial charge in [-0.3, -0.25) is 4.68 Å². The van der Waals surface area contributed by atoms with Crippen LogP contribution in [0.3, 0.4) is 0 Å². The van der Waals surface area contributed by atoms with Gasteiger partial charge in [0.25, 0.3) is 0 Å². The Bertz CT molecular complexity index is 540. The number of nitrogens with zero attached hydrogens (tertiary/aromatic N) is 1. The van der Waals surface area contributed by atoms with Crippen LogP contribution in [0.1, 0.15) is 22.9 Å². The minimum absolute atomic E-state index is 0.618. The number of rotatable bonds is 3. The van der Waals surface area contributed by atoms with Gasteiger partial charge in [-0.1, -0.05) is 18.2 Å². The van der Waals surface area contributed by atoms with Crippen molar-refractivity contribution in [3.63, 3.8) is 0 Å². The number of hydrogen-bond donors (Lipinski definition) is 1. The molecule has 3 rings (SSSR count). The summed E-state index contributed by atoms with van der Waals surface area (Å²) in [6, 6.07) is 13.1. The summed E-state index contributed by atoms with van der Waals surface area (Å²) in [6.45, 7) is 5.27. The third-order valence-electron chi connectivity index (χ3n) is 3.57. The van der Waals surface area contributed by atoms with Crippen molar-refractivity contribution in [1.82, 2.24) is 4.68 Å². The van der Waals surface area contributed by atoms with Gasteiger partial charge in [-0.2, -0.15) is 0 Å². The lowest BCUT2D eigenvalue weighted by Gasteiger charge is -2.17. The summed E-state index contributed by atoms with van der Waals surface area (Å²) in [4.78, 5) is 1.45. The molecule has 1 aliphatic rings. The second-order valence-electron chi connectivity index (χ2n) is 4.86. The van der Waals surface area contributed by atoms with E-state index in [0.29, 0.717) is 5.92 Å². The fourth-order valence-electron chi connectivity index (χ4n) is 2.52. The van der Waals surface area contributed by atoms with Crippen LogP contribution < -0.4 is 5.43 Å². The van der Waals surface area contributed by atoms with Crippen LogP contribution >= 0.6 is 11.8 Å². The number of hydrogen-bond acceptors (Lipinski definition) is 2. The highest BCUT2D eigenvalue weighted by atomic mass is 32.2. The van der Waals surface area contributed by atoms with E-state index in [1.54, 1.807) is 0 Å². The van der Waals surface area contributed by atoms with Crippen molar-refractivity contribution < 1.29 is 0 Å². The molecule has 18 heavy (non-hydrogen) atoms. The van der Waals surface area contributed by atoms with Crippen LogP contribution in [0, 0.1) is 13.8 Å². The maximum Gasteiger partial charge on any atom is 0.0391 e. The molecule has 0 amide bonds. The maximum atomic E-state index is 3.55. The van der Waals surface area contributed by atoms with E-state index in [0.717, 1.165) is 6.54 Å². The summed E-state index contributed by atoms with van der Waals surface area (Å²) < 4.78 is 2.19. The summed E-state index contributed by atoms with van der Waals surface area (Å²) in [6.07, 6.45) is 0. The Morgan fingerprint density at radius 2 is 1.89 bits per heavy atom. The van der Waals surface area contributed by atoms with Crippen LogP contribution in [0.5, 0.6) is 0 Å². The van der Waals surface area contributed by atoms with E-state index < -0.39 is 0 Å². The fourth-order valence-corrected chi connectivity index (χ4v) is 3.77. The van der Waals surface area contributed by atoms with Crippen molar-refractivity contribution in [2.24, 2.45) is 0 Å². The van der Waals surface area contributed by atoms with Crippen LogP contribution in [-0.4, -0.2) is 17.0 Å². The molecule has 0 bridgehead atoms. The lowest BCUT2D eigenvalue weighted by molar-refractivity contribution is 0.714. The lowest BCUT2D eigenvalue weighted by atomic mass is 10.0. The predicted octanol–water partition coefficient (Wildman–Crippen LogP) is 3.54. The molecule has 0 radical (unpaired) electrons. The third-order valence-corrected chi connectivity index (χ3v) is 4.82. The van der Waals surface area contributed by atoms with Gasteiger partial charge in [0.1, 0.15) is 0 Å². The number of fused-ring (bicyclic) bond motifs is 1. The minimum Gasteiger partial charge on any atom is -0.325 e. The van der Waals surface area contributed by atoms with Crippen molar-refractivity contribution in [2.45, 2.75) is 24.7 Å². The number of nitrogens with one attached hydrogen (secondary N) is 1. The third kappa shape index (κ3) is 2.03. The van der Waals surface area contributed by atoms with Gasteiger partial charge in [0.15, 0.2) is 0 Å². The van der Waals surface area contributed by atoms with Crippen LogP contribution in [0.25, 0.3) is 0 Å². The molecule has 1 aromatic heterocycles. The van der Waals surface area contributed by atoms with E-state index in [4.69, 9.17) is 0 Å². The topological polar surface area (TPSA) is 17.0 Å². The average molecular weight is 258 g/mol. The predicted molar refractivity (Wildman–Crippen MR) is 78.0 cm³/mol. The fraction of sp³-hybridized carbons (Fsp3) is 0.333. The van der Waals surface area contributed by atoms with Crippen LogP contribution in [0.4, 0.5) is 0 Å². The van der Waals surface area contributed by atoms with Gasteiger partial charge in [-0.25, -0.2) is 0 Å². The zero-order valence-corrected chi connectivity index (χ0v) is 11.6. The molecule has 1 unspecified atom stereocenters. The highest BCUT2D eigenvalue weighted by Gasteiger charge is 2.22. The van der Waals surface area contributed by atoms with Crippen LogP contribution in [0.2, 0.25) is 0 Å². The van der Waals surface area contributed by atoms with E-state index in [1.165, 1.54) is 27.6 Å². The Hall–Kier alpha value is -1.35. The molecule has 3 heteroatoms. The molecular formula is C15H18N2S. The molecule has 0 aliphatic carbocycles. The summed E-state index contributed by atoms with van der Waals surface area (Å²) in [5.41, 5.74) is 7.58. The second kappa shape index (κ2) is 4.73. The molecule has 0 saturated heterocycles. The van der Waals surface area contributed by atoms with E-state index in [1.807, 2.05) is 11.8 Å². The molecular weight excluding hydrogens is 240 g/mol. The summed E-state index contributed by atoms with van der Waals surface area (Å²) in [5.74, 6) is 1.80. The van der Waals surface area contributed by atoms with Gasteiger partial charge in [-0.05, 0) is 37.6 Å². The largest absolute Gasteiger partial charge is 0.325 e. The summed E-state index contributed by atoms with van der Waals surface area (Å²) in [7, 11) is 0. The lowest BCUT2D eigenvalue weighted by Crippen LogP contribution is -2.23. The Kier molecular flexibility index (Phi) is 3.08. The van der Waals surface area contributed by atoms with E-state index >= 15 is 0 Å². The van der Waals surface area contributed by atoms with Gasteiger partial charge in [0.2, 0.25) is 0 Å². The van der Waals surface area contributed by atoms with Gasteiger partial charge >= 0.3 is 0 Å². The Morgan fingerprint density at radius 1 is 1.17 bits per heavy atom. The van der Waals surface area contributed by atoms with Crippen LogP contribution in [0.15, 0.2) is 41.3 Å². The molecule has 94 valence electrons. The zero-order valence-electron chi connectivity index (χ0n) is 10.8. The molecule has 1 aromatic carbocycles. The molecule has 2 heterocycles. The monoisotopic (exact) mass is 258 g/mol. The smallest absolute Gasteiger partial charge is 0.0391 e. The zero-order chi connectivity index (χ0) is 12.5. The van der Waals surface area contributed by atoms with E-state index in [-0.39, 0.29) is 0 Å². The first kappa shape index (κ1) is 11.7. The van der Waals surface area contributed by atoms with Crippen molar-refractivity contribution in [2.75, 3.05) is 17.7 Å². The van der Waals surface area contributed by atoms with Gasteiger partial charge < -0.3 is 5.43 Å².